The minimum atomic E-state index is 0.345. The van der Waals surface area contributed by atoms with Crippen molar-refractivity contribution >= 4 is 11.7 Å². The molecule has 1 saturated carbocycles. The van der Waals surface area contributed by atoms with Gasteiger partial charge < -0.3 is 19.5 Å². The maximum atomic E-state index is 11.3. The molecular weight excluding hydrogens is 386 g/mol. The van der Waals surface area contributed by atoms with E-state index in [0.29, 0.717) is 35.7 Å². The van der Waals surface area contributed by atoms with Gasteiger partial charge in [0.05, 0.1) is 0 Å². The molecule has 6 nitrogen and oxygen atoms in total. The van der Waals surface area contributed by atoms with Gasteiger partial charge in [0.1, 0.15) is 5.78 Å². The van der Waals surface area contributed by atoms with E-state index in [2.05, 4.69) is 48.0 Å². The fraction of sp³-hybridized carbons (Fsp3) is 0.800. The van der Waals surface area contributed by atoms with Crippen LogP contribution in [0.4, 0.5) is 5.95 Å². The van der Waals surface area contributed by atoms with Crippen molar-refractivity contribution < 1.29 is 4.79 Å². The number of likely N-dealkylation sites (tertiary alicyclic amines) is 1. The molecule has 3 fully saturated rings. The van der Waals surface area contributed by atoms with E-state index >= 15 is 0 Å². The number of piperidine rings is 1. The van der Waals surface area contributed by atoms with Crippen LogP contribution in [-0.2, 0) is 4.79 Å². The fourth-order valence-corrected chi connectivity index (χ4v) is 6.09. The zero-order chi connectivity index (χ0) is 22.0. The van der Waals surface area contributed by atoms with Crippen molar-refractivity contribution in [2.45, 2.75) is 89.8 Å². The number of rotatable bonds is 7. The SMILES string of the molecule is CCC1CN(C)CC(CC)N1c1ncc(C2CCN([C@H]3C[C@H](CC(C)=O)C3)CC2)cn1. The summed E-state index contributed by atoms with van der Waals surface area (Å²) in [5.41, 5.74) is 1.31. The summed E-state index contributed by atoms with van der Waals surface area (Å²) in [5.74, 6) is 2.47. The maximum Gasteiger partial charge on any atom is 0.225 e. The number of likely N-dealkylation sites (N-methyl/N-ethyl adjacent to an activating group) is 1. The van der Waals surface area contributed by atoms with Crippen LogP contribution >= 0.6 is 0 Å². The lowest BCUT2D eigenvalue weighted by Crippen LogP contribution is -2.58. The second kappa shape index (κ2) is 9.95. The van der Waals surface area contributed by atoms with Crippen LogP contribution in [0.1, 0.15) is 77.2 Å². The van der Waals surface area contributed by atoms with Gasteiger partial charge in [-0.3, -0.25) is 0 Å². The quantitative estimate of drug-likeness (QED) is 0.661. The minimum Gasteiger partial charge on any atom is -0.332 e. The van der Waals surface area contributed by atoms with Crippen LogP contribution in [0.25, 0.3) is 0 Å². The van der Waals surface area contributed by atoms with Crippen LogP contribution in [0, 0.1) is 5.92 Å². The van der Waals surface area contributed by atoms with Crippen molar-refractivity contribution in [1.82, 2.24) is 19.8 Å². The summed E-state index contributed by atoms with van der Waals surface area (Å²) in [6.07, 6.45) is 12.0. The first-order chi connectivity index (χ1) is 15.0. The average molecular weight is 428 g/mol. The minimum absolute atomic E-state index is 0.345. The molecule has 3 heterocycles. The van der Waals surface area contributed by atoms with Crippen LogP contribution in [0.2, 0.25) is 0 Å². The van der Waals surface area contributed by atoms with Crippen molar-refractivity contribution in [3.8, 4) is 0 Å². The first kappa shape index (κ1) is 22.7. The largest absolute Gasteiger partial charge is 0.332 e. The zero-order valence-electron chi connectivity index (χ0n) is 20.0. The molecule has 172 valence electrons. The highest BCUT2D eigenvalue weighted by Gasteiger charge is 2.36. The van der Waals surface area contributed by atoms with E-state index < -0.39 is 0 Å². The van der Waals surface area contributed by atoms with E-state index in [4.69, 9.17) is 9.97 Å². The first-order valence-electron chi connectivity index (χ1n) is 12.5. The van der Waals surface area contributed by atoms with Gasteiger partial charge in [-0.05, 0) is 83.0 Å². The molecule has 2 saturated heterocycles. The number of carbonyl (C=O) groups is 1. The maximum absolute atomic E-state index is 11.3. The summed E-state index contributed by atoms with van der Waals surface area (Å²) in [6, 6.07) is 1.69. The molecule has 1 aliphatic carbocycles. The molecule has 2 aliphatic heterocycles. The van der Waals surface area contributed by atoms with Gasteiger partial charge in [0.2, 0.25) is 5.95 Å². The number of hydrogen-bond donors (Lipinski definition) is 0. The van der Waals surface area contributed by atoms with Gasteiger partial charge in [0, 0.05) is 50.0 Å². The molecule has 0 amide bonds. The molecule has 2 unspecified atom stereocenters. The molecule has 0 radical (unpaired) electrons. The molecule has 3 aliphatic rings. The molecule has 0 bridgehead atoms. The highest BCUT2D eigenvalue weighted by molar-refractivity contribution is 5.75. The second-order valence-electron chi connectivity index (χ2n) is 10.3. The second-order valence-corrected chi connectivity index (χ2v) is 10.3. The Labute approximate surface area is 188 Å². The van der Waals surface area contributed by atoms with Crippen LogP contribution < -0.4 is 4.90 Å². The number of aromatic nitrogens is 2. The number of nitrogens with zero attached hydrogens (tertiary/aromatic N) is 5. The molecule has 0 aromatic carbocycles. The van der Waals surface area contributed by atoms with Gasteiger partial charge in [-0.2, -0.15) is 0 Å². The highest BCUT2D eigenvalue weighted by atomic mass is 16.1. The summed E-state index contributed by atoms with van der Waals surface area (Å²) in [7, 11) is 2.23. The Bertz CT molecular complexity index is 710. The monoisotopic (exact) mass is 427 g/mol. The average Bonchev–Trinajstić information content (AvgIpc) is 2.75. The summed E-state index contributed by atoms with van der Waals surface area (Å²) >= 11 is 0. The van der Waals surface area contributed by atoms with Crippen LogP contribution in [0.3, 0.4) is 0 Å². The molecule has 0 spiro atoms. The number of piperazine rings is 1. The van der Waals surface area contributed by atoms with Crippen molar-refractivity contribution in [2.24, 2.45) is 5.92 Å². The van der Waals surface area contributed by atoms with Gasteiger partial charge >= 0.3 is 0 Å². The fourth-order valence-electron chi connectivity index (χ4n) is 6.09. The van der Waals surface area contributed by atoms with Gasteiger partial charge in [0.15, 0.2) is 0 Å². The summed E-state index contributed by atoms with van der Waals surface area (Å²) in [5, 5.41) is 0. The normalized spacial score (nSPS) is 30.9. The number of carbonyl (C=O) groups excluding carboxylic acids is 1. The summed E-state index contributed by atoms with van der Waals surface area (Å²) in [6.45, 7) is 10.8. The Hall–Kier alpha value is -1.53. The lowest BCUT2D eigenvalue weighted by atomic mass is 9.75. The number of hydrogen-bond acceptors (Lipinski definition) is 6. The number of anilines is 1. The molecule has 1 aromatic rings. The lowest BCUT2D eigenvalue weighted by Gasteiger charge is -2.46. The van der Waals surface area contributed by atoms with Crippen molar-refractivity contribution in [3.05, 3.63) is 18.0 Å². The van der Waals surface area contributed by atoms with Crippen molar-refractivity contribution in [1.29, 1.82) is 0 Å². The van der Waals surface area contributed by atoms with E-state index in [1.165, 1.54) is 31.2 Å². The molecule has 1 aromatic heterocycles. The Morgan fingerprint density at radius 1 is 1.03 bits per heavy atom. The van der Waals surface area contributed by atoms with Gasteiger partial charge in [-0.15, -0.1) is 0 Å². The lowest BCUT2D eigenvalue weighted by molar-refractivity contribution is -0.119. The molecule has 31 heavy (non-hydrogen) atoms. The summed E-state index contributed by atoms with van der Waals surface area (Å²) in [4.78, 5) is 28.6. The molecule has 2 atom stereocenters. The van der Waals surface area contributed by atoms with Gasteiger partial charge in [0.25, 0.3) is 0 Å². The van der Waals surface area contributed by atoms with Crippen molar-refractivity contribution in [2.75, 3.05) is 38.1 Å². The van der Waals surface area contributed by atoms with Gasteiger partial charge in [-0.1, -0.05) is 13.8 Å². The van der Waals surface area contributed by atoms with E-state index in [1.54, 1.807) is 6.92 Å². The Kier molecular flexibility index (Phi) is 7.27. The van der Waals surface area contributed by atoms with E-state index in [9.17, 15) is 4.79 Å². The van der Waals surface area contributed by atoms with Gasteiger partial charge in [-0.25, -0.2) is 9.97 Å². The Balaban J connectivity index is 1.32. The van der Waals surface area contributed by atoms with Crippen LogP contribution in [0.15, 0.2) is 12.4 Å². The zero-order valence-corrected chi connectivity index (χ0v) is 20.0. The Morgan fingerprint density at radius 3 is 2.13 bits per heavy atom. The predicted molar refractivity (Wildman–Crippen MR) is 126 cm³/mol. The Morgan fingerprint density at radius 2 is 1.61 bits per heavy atom. The van der Waals surface area contributed by atoms with Crippen molar-refractivity contribution in [3.63, 3.8) is 0 Å². The van der Waals surface area contributed by atoms with E-state index in [0.717, 1.165) is 51.4 Å². The number of Topliss-reactive ketones (excluding diaryl/α,β-unsaturated/α-hetero) is 1. The third-order valence-electron chi connectivity index (χ3n) is 7.97. The highest BCUT2D eigenvalue weighted by Crippen LogP contribution is 2.38. The third-order valence-corrected chi connectivity index (χ3v) is 7.97. The number of ketones is 1. The van der Waals surface area contributed by atoms with E-state index in [1.807, 2.05) is 0 Å². The molecule has 0 N–H and O–H groups in total. The van der Waals surface area contributed by atoms with Crippen LogP contribution in [-0.4, -0.2) is 76.9 Å². The molecule has 4 rings (SSSR count). The summed E-state index contributed by atoms with van der Waals surface area (Å²) < 4.78 is 0. The third kappa shape index (κ3) is 5.11. The predicted octanol–water partition coefficient (Wildman–Crippen LogP) is 3.72. The molecular formula is C25H41N5O. The topological polar surface area (TPSA) is 52.6 Å². The standard InChI is InChI=1S/C25H41N5O/c1-5-22-16-28(4)17-23(6-2)30(22)25-26-14-21(15-27-25)20-7-9-29(10-8-20)24-12-19(13-24)11-18(3)31/h14-15,19-20,22-24H,5-13,16-17H2,1-4H3/t19-,22?,23?,24-. The van der Waals surface area contributed by atoms with E-state index in [-0.39, 0.29) is 0 Å². The van der Waals surface area contributed by atoms with Crippen LogP contribution in [0.5, 0.6) is 0 Å². The smallest absolute Gasteiger partial charge is 0.225 e. The first-order valence-corrected chi connectivity index (χ1v) is 12.5. The molecule has 6 heteroatoms.